The highest BCUT2D eigenvalue weighted by molar-refractivity contribution is 6.18. The van der Waals surface area contributed by atoms with E-state index in [2.05, 4.69) is 43.4 Å². The van der Waals surface area contributed by atoms with E-state index >= 15 is 0 Å². The Morgan fingerprint density at radius 1 is 1.15 bits per heavy atom. The van der Waals surface area contributed by atoms with Crippen molar-refractivity contribution in [1.82, 2.24) is 5.32 Å². The first-order valence-corrected chi connectivity index (χ1v) is 7.46. The molecule has 0 aliphatic rings. The quantitative estimate of drug-likeness (QED) is 0.834. The van der Waals surface area contributed by atoms with Gasteiger partial charge in [0.2, 0.25) is 5.91 Å². The third-order valence-corrected chi connectivity index (χ3v) is 3.83. The Bertz CT molecular complexity index is 594. The lowest BCUT2D eigenvalue weighted by molar-refractivity contribution is -0.121. The first kappa shape index (κ1) is 14.9. The minimum Gasteiger partial charge on any atom is -0.352 e. The fourth-order valence-electron chi connectivity index (χ4n) is 2.18. The molecule has 0 bridgehead atoms. The molecule has 0 radical (unpaired) electrons. The van der Waals surface area contributed by atoms with Crippen LogP contribution in [0.5, 0.6) is 0 Å². The maximum atomic E-state index is 12.1. The van der Waals surface area contributed by atoms with Crippen molar-refractivity contribution in [3.63, 3.8) is 0 Å². The molecular weight excluding hydrogens is 270 g/mol. The van der Waals surface area contributed by atoms with Crippen LogP contribution >= 0.6 is 11.6 Å². The Morgan fingerprint density at radius 2 is 1.85 bits per heavy atom. The molecule has 0 aliphatic heterocycles. The lowest BCUT2D eigenvalue weighted by atomic mass is 10.0. The molecule has 20 heavy (non-hydrogen) atoms. The highest BCUT2D eigenvalue weighted by Gasteiger charge is 2.15. The van der Waals surface area contributed by atoms with Crippen molar-refractivity contribution >= 4 is 28.3 Å². The molecule has 1 N–H and O–H groups in total. The standard InChI is InChI=1S/C17H20ClNO/c1-12(2)16(11-18)19-17(20)10-13-7-8-14-5-3-4-6-15(14)9-13/h3-9,12,16H,10-11H2,1-2H3,(H,19,20). The van der Waals surface area contributed by atoms with Gasteiger partial charge in [-0.25, -0.2) is 0 Å². The zero-order chi connectivity index (χ0) is 14.5. The van der Waals surface area contributed by atoms with Gasteiger partial charge in [-0.15, -0.1) is 11.6 Å². The first-order valence-electron chi connectivity index (χ1n) is 6.93. The number of hydrogen-bond donors (Lipinski definition) is 1. The maximum Gasteiger partial charge on any atom is 0.224 e. The molecule has 0 saturated carbocycles. The minimum atomic E-state index is 0.0274. The average molecular weight is 290 g/mol. The molecule has 2 rings (SSSR count). The fourth-order valence-corrected chi connectivity index (χ4v) is 2.61. The van der Waals surface area contributed by atoms with Gasteiger partial charge in [0.05, 0.1) is 6.42 Å². The zero-order valence-corrected chi connectivity index (χ0v) is 12.7. The highest BCUT2D eigenvalue weighted by Crippen LogP contribution is 2.16. The summed E-state index contributed by atoms with van der Waals surface area (Å²) in [6.07, 6.45) is 0.394. The molecule has 2 nitrogen and oxygen atoms in total. The molecule has 2 aromatic carbocycles. The molecule has 0 spiro atoms. The molecule has 3 heteroatoms. The first-order chi connectivity index (χ1) is 9.60. The number of nitrogens with one attached hydrogen (secondary N) is 1. The summed E-state index contributed by atoms with van der Waals surface area (Å²) in [5.74, 6) is 0.814. The van der Waals surface area contributed by atoms with Crippen LogP contribution < -0.4 is 5.32 Å². The van der Waals surface area contributed by atoms with Gasteiger partial charge in [-0.2, -0.15) is 0 Å². The van der Waals surface area contributed by atoms with Crippen LogP contribution in [0, 0.1) is 5.92 Å². The molecule has 0 aromatic heterocycles. The highest BCUT2D eigenvalue weighted by atomic mass is 35.5. The van der Waals surface area contributed by atoms with E-state index in [0.717, 1.165) is 10.9 Å². The van der Waals surface area contributed by atoms with Crippen LogP contribution in [-0.2, 0) is 11.2 Å². The van der Waals surface area contributed by atoms with Gasteiger partial charge in [0.25, 0.3) is 0 Å². The third-order valence-electron chi connectivity index (χ3n) is 3.50. The Hall–Kier alpha value is -1.54. The molecule has 1 atom stereocenters. The van der Waals surface area contributed by atoms with Gasteiger partial charge in [-0.05, 0) is 22.3 Å². The van der Waals surface area contributed by atoms with Crippen LogP contribution in [-0.4, -0.2) is 17.8 Å². The second kappa shape index (κ2) is 6.76. The fraction of sp³-hybridized carbons (Fsp3) is 0.353. The molecule has 0 saturated heterocycles. The molecule has 0 heterocycles. The largest absolute Gasteiger partial charge is 0.352 e. The topological polar surface area (TPSA) is 29.1 Å². The number of amides is 1. The number of carbonyl (C=O) groups excluding carboxylic acids is 1. The van der Waals surface area contributed by atoms with E-state index < -0.39 is 0 Å². The Labute approximate surface area is 125 Å². The van der Waals surface area contributed by atoms with E-state index in [1.54, 1.807) is 0 Å². The molecular formula is C17H20ClNO. The monoisotopic (exact) mass is 289 g/mol. The third kappa shape index (κ3) is 3.73. The van der Waals surface area contributed by atoms with Crippen LogP contribution in [0.3, 0.4) is 0 Å². The number of hydrogen-bond acceptors (Lipinski definition) is 1. The lowest BCUT2D eigenvalue weighted by Crippen LogP contribution is -2.40. The maximum absolute atomic E-state index is 12.1. The normalized spacial score (nSPS) is 12.6. The summed E-state index contributed by atoms with van der Waals surface area (Å²) >= 11 is 5.87. The van der Waals surface area contributed by atoms with E-state index in [1.807, 2.05) is 18.2 Å². The van der Waals surface area contributed by atoms with Crippen molar-refractivity contribution in [3.05, 3.63) is 48.0 Å². The van der Waals surface area contributed by atoms with Gasteiger partial charge in [-0.3, -0.25) is 4.79 Å². The SMILES string of the molecule is CC(C)C(CCl)NC(=O)Cc1ccc2ccccc2c1. The van der Waals surface area contributed by atoms with Crippen molar-refractivity contribution in [1.29, 1.82) is 0 Å². The Kier molecular flexibility index (Phi) is 5.02. The number of fused-ring (bicyclic) bond motifs is 1. The van der Waals surface area contributed by atoms with Crippen molar-refractivity contribution in [2.45, 2.75) is 26.3 Å². The second-order valence-electron chi connectivity index (χ2n) is 5.43. The number of alkyl halides is 1. The van der Waals surface area contributed by atoms with Crippen molar-refractivity contribution in [2.75, 3.05) is 5.88 Å². The van der Waals surface area contributed by atoms with Crippen LogP contribution in [0.2, 0.25) is 0 Å². The van der Waals surface area contributed by atoms with Gasteiger partial charge < -0.3 is 5.32 Å². The number of rotatable bonds is 5. The van der Waals surface area contributed by atoms with E-state index in [1.165, 1.54) is 5.39 Å². The molecule has 0 fully saturated rings. The van der Waals surface area contributed by atoms with Crippen LogP contribution in [0.15, 0.2) is 42.5 Å². The number of carbonyl (C=O) groups is 1. The van der Waals surface area contributed by atoms with Gasteiger partial charge in [-0.1, -0.05) is 56.3 Å². The van der Waals surface area contributed by atoms with Crippen molar-refractivity contribution in [3.8, 4) is 0 Å². The van der Waals surface area contributed by atoms with E-state index in [4.69, 9.17) is 11.6 Å². The second-order valence-corrected chi connectivity index (χ2v) is 5.74. The summed E-state index contributed by atoms with van der Waals surface area (Å²) in [4.78, 5) is 12.1. The smallest absolute Gasteiger partial charge is 0.224 e. The van der Waals surface area contributed by atoms with Crippen LogP contribution in [0.1, 0.15) is 19.4 Å². The van der Waals surface area contributed by atoms with Gasteiger partial charge in [0.1, 0.15) is 0 Å². The van der Waals surface area contributed by atoms with Crippen molar-refractivity contribution in [2.24, 2.45) is 5.92 Å². The van der Waals surface area contributed by atoms with E-state index in [-0.39, 0.29) is 11.9 Å². The summed E-state index contributed by atoms with van der Waals surface area (Å²) in [5.41, 5.74) is 1.03. The number of halogens is 1. The van der Waals surface area contributed by atoms with Gasteiger partial charge in [0.15, 0.2) is 0 Å². The molecule has 1 unspecified atom stereocenters. The molecule has 106 valence electrons. The summed E-state index contributed by atoms with van der Waals surface area (Å²) < 4.78 is 0. The van der Waals surface area contributed by atoms with E-state index in [9.17, 15) is 4.79 Å². The van der Waals surface area contributed by atoms with Gasteiger partial charge >= 0.3 is 0 Å². The van der Waals surface area contributed by atoms with Crippen LogP contribution in [0.4, 0.5) is 0 Å². The summed E-state index contributed by atoms with van der Waals surface area (Å²) in [6.45, 7) is 4.12. The predicted molar refractivity (Wildman–Crippen MR) is 85.1 cm³/mol. The van der Waals surface area contributed by atoms with Gasteiger partial charge in [0, 0.05) is 11.9 Å². The Morgan fingerprint density at radius 3 is 2.50 bits per heavy atom. The minimum absolute atomic E-state index is 0.0274. The zero-order valence-electron chi connectivity index (χ0n) is 11.9. The average Bonchev–Trinajstić information content (AvgIpc) is 2.44. The molecule has 1 amide bonds. The Balaban J connectivity index is 2.06. The number of benzene rings is 2. The van der Waals surface area contributed by atoms with Crippen LogP contribution in [0.25, 0.3) is 10.8 Å². The van der Waals surface area contributed by atoms with Crippen molar-refractivity contribution < 1.29 is 4.79 Å². The molecule has 2 aromatic rings. The lowest BCUT2D eigenvalue weighted by Gasteiger charge is -2.19. The predicted octanol–water partition coefficient (Wildman–Crippen LogP) is 3.76. The van der Waals surface area contributed by atoms with E-state index in [0.29, 0.717) is 18.2 Å². The summed E-state index contributed by atoms with van der Waals surface area (Å²) in [6, 6.07) is 14.3. The molecule has 0 aliphatic carbocycles. The summed E-state index contributed by atoms with van der Waals surface area (Å²) in [7, 11) is 0. The summed E-state index contributed by atoms with van der Waals surface area (Å²) in [5, 5.41) is 5.35.